The standard InChI is InChI=1S/C18H22N2O2.ClH/c21-18(8-11-19-9-3-4-10-19)20-12-7-17-15(13-20)14-5-1-2-6-16(14)22-17;/h1-2,5-6H,3-4,7-13H2;1H. The molecule has 2 aliphatic rings. The van der Waals surface area contributed by atoms with E-state index in [0.717, 1.165) is 49.3 Å². The van der Waals surface area contributed by atoms with Crippen LogP contribution in [0.1, 0.15) is 30.6 Å². The summed E-state index contributed by atoms with van der Waals surface area (Å²) in [6.45, 7) is 4.71. The van der Waals surface area contributed by atoms with Crippen LogP contribution in [0, 0.1) is 0 Å². The summed E-state index contributed by atoms with van der Waals surface area (Å²) in [7, 11) is 0. The molecule has 1 saturated heterocycles. The van der Waals surface area contributed by atoms with Crippen LogP contribution in [0.4, 0.5) is 0 Å². The summed E-state index contributed by atoms with van der Waals surface area (Å²) >= 11 is 0. The Morgan fingerprint density at radius 1 is 1.13 bits per heavy atom. The van der Waals surface area contributed by atoms with Crippen LogP contribution in [-0.2, 0) is 17.8 Å². The predicted molar refractivity (Wildman–Crippen MR) is 92.9 cm³/mol. The highest BCUT2D eigenvalue weighted by molar-refractivity contribution is 5.85. The summed E-state index contributed by atoms with van der Waals surface area (Å²) in [5.74, 6) is 1.34. The number of amides is 1. The fourth-order valence-electron chi connectivity index (χ4n) is 3.66. The maximum Gasteiger partial charge on any atom is 0.224 e. The highest BCUT2D eigenvalue weighted by Crippen LogP contribution is 2.30. The van der Waals surface area contributed by atoms with Crippen molar-refractivity contribution in [1.82, 2.24) is 9.80 Å². The fraction of sp³-hybridized carbons (Fsp3) is 0.500. The number of hydrogen-bond donors (Lipinski definition) is 0. The Balaban J connectivity index is 0.00000156. The van der Waals surface area contributed by atoms with Crippen molar-refractivity contribution < 1.29 is 9.21 Å². The first-order chi connectivity index (χ1) is 10.8. The molecule has 4 rings (SSSR count). The highest BCUT2D eigenvalue weighted by Gasteiger charge is 2.25. The molecular weight excluding hydrogens is 312 g/mol. The van der Waals surface area contributed by atoms with Gasteiger partial charge >= 0.3 is 0 Å². The lowest BCUT2D eigenvalue weighted by atomic mass is 10.0. The third-order valence-electron chi connectivity index (χ3n) is 4.93. The monoisotopic (exact) mass is 334 g/mol. The lowest BCUT2D eigenvalue weighted by Gasteiger charge is -2.27. The van der Waals surface area contributed by atoms with Crippen LogP contribution >= 0.6 is 12.4 Å². The van der Waals surface area contributed by atoms with E-state index in [1.165, 1.54) is 18.4 Å². The number of likely N-dealkylation sites (tertiary alicyclic amines) is 1. The van der Waals surface area contributed by atoms with Crippen molar-refractivity contribution in [3.8, 4) is 0 Å². The van der Waals surface area contributed by atoms with E-state index in [1.54, 1.807) is 0 Å². The average molecular weight is 335 g/mol. The van der Waals surface area contributed by atoms with Crippen molar-refractivity contribution in [2.24, 2.45) is 0 Å². The predicted octanol–water partition coefficient (Wildman–Crippen LogP) is 3.23. The molecule has 124 valence electrons. The van der Waals surface area contributed by atoms with Gasteiger partial charge in [0.15, 0.2) is 0 Å². The molecule has 1 aromatic carbocycles. The number of para-hydroxylation sites is 1. The van der Waals surface area contributed by atoms with Gasteiger partial charge in [-0.25, -0.2) is 0 Å². The van der Waals surface area contributed by atoms with Gasteiger partial charge in [-0.3, -0.25) is 4.79 Å². The number of carbonyl (C=O) groups excluding carboxylic acids is 1. The van der Waals surface area contributed by atoms with Gasteiger partial charge < -0.3 is 14.2 Å². The summed E-state index contributed by atoms with van der Waals surface area (Å²) < 4.78 is 5.91. The van der Waals surface area contributed by atoms with Gasteiger partial charge in [-0.2, -0.15) is 0 Å². The SMILES string of the molecule is Cl.O=C(CCN1CCCC1)N1CCc2oc3ccccc3c2C1. The van der Waals surface area contributed by atoms with Crippen LogP contribution in [0.5, 0.6) is 0 Å². The first-order valence-electron chi connectivity index (χ1n) is 8.31. The quantitative estimate of drug-likeness (QED) is 0.864. The molecule has 0 atom stereocenters. The summed E-state index contributed by atoms with van der Waals surface area (Å²) in [5.41, 5.74) is 2.15. The number of halogens is 1. The van der Waals surface area contributed by atoms with Crippen LogP contribution in [0.25, 0.3) is 11.0 Å². The average Bonchev–Trinajstić information content (AvgIpc) is 3.19. The Kier molecular flexibility index (Phi) is 4.93. The van der Waals surface area contributed by atoms with Gasteiger partial charge in [-0.15, -0.1) is 12.4 Å². The number of fused-ring (bicyclic) bond motifs is 3. The molecule has 4 nitrogen and oxygen atoms in total. The molecule has 2 aliphatic heterocycles. The van der Waals surface area contributed by atoms with Gasteiger partial charge in [0.05, 0.1) is 0 Å². The molecule has 1 fully saturated rings. The molecule has 5 heteroatoms. The second kappa shape index (κ2) is 6.93. The third-order valence-corrected chi connectivity index (χ3v) is 4.93. The second-order valence-electron chi connectivity index (χ2n) is 6.36. The largest absolute Gasteiger partial charge is 0.461 e. The maximum atomic E-state index is 12.5. The maximum absolute atomic E-state index is 12.5. The van der Waals surface area contributed by atoms with Crippen LogP contribution in [-0.4, -0.2) is 41.9 Å². The van der Waals surface area contributed by atoms with Crippen molar-refractivity contribution in [2.45, 2.75) is 32.2 Å². The molecular formula is C18H23ClN2O2. The molecule has 2 aromatic rings. The molecule has 3 heterocycles. The van der Waals surface area contributed by atoms with Gasteiger partial charge in [0.25, 0.3) is 0 Å². The van der Waals surface area contributed by atoms with E-state index in [-0.39, 0.29) is 18.3 Å². The molecule has 1 aromatic heterocycles. The van der Waals surface area contributed by atoms with E-state index in [1.807, 2.05) is 23.1 Å². The summed E-state index contributed by atoms with van der Waals surface area (Å²) in [4.78, 5) is 16.9. The number of carbonyl (C=O) groups is 1. The number of nitrogens with zero attached hydrogens (tertiary/aromatic N) is 2. The van der Waals surface area contributed by atoms with Gasteiger partial charge in [0.2, 0.25) is 5.91 Å². The zero-order chi connectivity index (χ0) is 14.9. The van der Waals surface area contributed by atoms with E-state index in [0.29, 0.717) is 13.0 Å². The molecule has 0 spiro atoms. The number of hydrogen-bond acceptors (Lipinski definition) is 3. The Hall–Kier alpha value is -1.52. The third kappa shape index (κ3) is 3.24. The van der Waals surface area contributed by atoms with E-state index >= 15 is 0 Å². The van der Waals surface area contributed by atoms with Gasteiger partial charge in [0, 0.05) is 43.4 Å². The van der Waals surface area contributed by atoms with Crippen molar-refractivity contribution in [3.05, 3.63) is 35.6 Å². The van der Waals surface area contributed by atoms with Crippen LogP contribution < -0.4 is 0 Å². The van der Waals surface area contributed by atoms with Crippen molar-refractivity contribution in [2.75, 3.05) is 26.2 Å². The lowest BCUT2D eigenvalue weighted by Crippen LogP contribution is -2.37. The Morgan fingerprint density at radius 3 is 2.74 bits per heavy atom. The Morgan fingerprint density at radius 2 is 1.91 bits per heavy atom. The Labute approximate surface area is 142 Å². The van der Waals surface area contributed by atoms with Crippen LogP contribution in [0.15, 0.2) is 28.7 Å². The number of furan rings is 1. The van der Waals surface area contributed by atoms with Crippen LogP contribution in [0.3, 0.4) is 0 Å². The molecule has 23 heavy (non-hydrogen) atoms. The highest BCUT2D eigenvalue weighted by atomic mass is 35.5. The van der Waals surface area contributed by atoms with Crippen molar-refractivity contribution in [1.29, 1.82) is 0 Å². The van der Waals surface area contributed by atoms with E-state index in [4.69, 9.17) is 4.42 Å². The molecule has 0 unspecified atom stereocenters. The Bertz CT molecular complexity index is 691. The molecule has 0 radical (unpaired) electrons. The molecule has 0 aliphatic carbocycles. The fourth-order valence-corrected chi connectivity index (χ4v) is 3.66. The number of rotatable bonds is 3. The minimum atomic E-state index is 0. The van der Waals surface area contributed by atoms with Gasteiger partial charge in [-0.1, -0.05) is 18.2 Å². The molecule has 1 amide bonds. The summed E-state index contributed by atoms with van der Waals surface area (Å²) in [6, 6.07) is 8.13. The lowest BCUT2D eigenvalue weighted by molar-refractivity contribution is -0.132. The van der Waals surface area contributed by atoms with Gasteiger partial charge in [0.1, 0.15) is 11.3 Å². The zero-order valence-electron chi connectivity index (χ0n) is 13.3. The van der Waals surface area contributed by atoms with E-state index in [9.17, 15) is 4.79 Å². The number of benzene rings is 1. The second-order valence-corrected chi connectivity index (χ2v) is 6.36. The van der Waals surface area contributed by atoms with Crippen molar-refractivity contribution in [3.63, 3.8) is 0 Å². The van der Waals surface area contributed by atoms with E-state index < -0.39 is 0 Å². The minimum Gasteiger partial charge on any atom is -0.461 e. The van der Waals surface area contributed by atoms with Crippen LogP contribution in [0.2, 0.25) is 0 Å². The molecule has 0 N–H and O–H groups in total. The smallest absolute Gasteiger partial charge is 0.224 e. The van der Waals surface area contributed by atoms with Gasteiger partial charge in [-0.05, 0) is 32.0 Å². The van der Waals surface area contributed by atoms with E-state index in [2.05, 4.69) is 11.0 Å². The molecule has 0 bridgehead atoms. The first-order valence-corrected chi connectivity index (χ1v) is 8.31. The minimum absolute atomic E-state index is 0. The summed E-state index contributed by atoms with van der Waals surface area (Å²) in [6.07, 6.45) is 4.04. The zero-order valence-corrected chi connectivity index (χ0v) is 14.1. The molecule has 0 saturated carbocycles. The topological polar surface area (TPSA) is 36.7 Å². The first kappa shape index (κ1) is 16.3. The summed E-state index contributed by atoms with van der Waals surface area (Å²) in [5, 5.41) is 1.16. The van der Waals surface area contributed by atoms with Crippen molar-refractivity contribution >= 4 is 29.3 Å². The normalized spacial score (nSPS) is 18.0.